The van der Waals surface area contributed by atoms with E-state index in [0.717, 1.165) is 23.5 Å². The van der Waals surface area contributed by atoms with Crippen molar-refractivity contribution in [1.82, 2.24) is 4.72 Å². The average molecular weight is 269 g/mol. The fraction of sp³-hybridized carbons (Fsp3) is 0.250. The molecule has 18 heavy (non-hydrogen) atoms. The van der Waals surface area contributed by atoms with Crippen LogP contribution in [0.15, 0.2) is 30.3 Å². The zero-order valence-corrected chi connectivity index (χ0v) is 10.9. The molecule has 0 saturated carbocycles. The predicted molar refractivity (Wildman–Crippen MR) is 69.5 cm³/mol. The molecule has 0 aliphatic carbocycles. The first-order chi connectivity index (χ1) is 8.28. The van der Waals surface area contributed by atoms with Crippen molar-refractivity contribution in [1.29, 1.82) is 0 Å². The van der Waals surface area contributed by atoms with Gasteiger partial charge in [0.05, 0.1) is 6.26 Å². The summed E-state index contributed by atoms with van der Waals surface area (Å²) in [6.45, 7) is 1.74. The van der Waals surface area contributed by atoms with Gasteiger partial charge in [-0.2, -0.15) is 0 Å². The molecule has 0 aromatic heterocycles. The second-order valence-electron chi connectivity index (χ2n) is 3.95. The molecule has 2 N–H and O–H groups in total. The lowest BCUT2D eigenvalue weighted by atomic mass is 10.1. The molecule has 0 spiro atoms. The quantitative estimate of drug-likeness (QED) is 0.791. The van der Waals surface area contributed by atoms with Crippen LogP contribution in [0.4, 0.5) is 0 Å². The number of carboxylic acids is 1. The van der Waals surface area contributed by atoms with Crippen LogP contribution in [0.2, 0.25) is 0 Å². The van der Waals surface area contributed by atoms with Crippen molar-refractivity contribution in [2.75, 3.05) is 6.26 Å². The summed E-state index contributed by atoms with van der Waals surface area (Å²) in [5.41, 5.74) is 1.56. The van der Waals surface area contributed by atoms with Gasteiger partial charge in [0.15, 0.2) is 0 Å². The Morgan fingerprint density at radius 1 is 1.33 bits per heavy atom. The Morgan fingerprint density at radius 2 is 1.89 bits per heavy atom. The highest BCUT2D eigenvalue weighted by Crippen LogP contribution is 2.14. The van der Waals surface area contributed by atoms with Crippen LogP contribution in [0.5, 0.6) is 0 Å². The van der Waals surface area contributed by atoms with Crippen molar-refractivity contribution in [3.8, 4) is 0 Å². The molecule has 1 atom stereocenters. The highest BCUT2D eigenvalue weighted by atomic mass is 32.2. The van der Waals surface area contributed by atoms with E-state index in [4.69, 9.17) is 5.11 Å². The smallest absolute Gasteiger partial charge is 0.328 e. The summed E-state index contributed by atoms with van der Waals surface area (Å²) < 4.78 is 24.6. The number of benzene rings is 1. The number of hydrogen-bond acceptors (Lipinski definition) is 3. The lowest BCUT2D eigenvalue weighted by Gasteiger charge is -2.12. The Hall–Kier alpha value is -1.66. The number of aliphatic carboxylic acids is 1. The topological polar surface area (TPSA) is 83.5 Å². The standard InChI is InChI=1S/C12H15NO4S/c1-9(13-18(2,16)17)11-6-3-10(4-7-11)5-8-12(14)15/h3-9,13H,1-2H3,(H,14,15)/b8-5+. The molecule has 0 amide bonds. The molecular weight excluding hydrogens is 254 g/mol. The lowest BCUT2D eigenvalue weighted by molar-refractivity contribution is -0.131. The fourth-order valence-corrected chi connectivity index (χ4v) is 2.23. The molecule has 0 aliphatic heterocycles. The first-order valence-corrected chi connectivity index (χ1v) is 7.15. The predicted octanol–water partition coefficient (Wildman–Crippen LogP) is 1.39. The molecule has 0 fully saturated rings. The van der Waals surface area contributed by atoms with Crippen LogP contribution in [0, 0.1) is 0 Å². The molecule has 5 nitrogen and oxygen atoms in total. The molecule has 1 aromatic carbocycles. The van der Waals surface area contributed by atoms with Gasteiger partial charge in [-0.25, -0.2) is 17.9 Å². The van der Waals surface area contributed by atoms with Gasteiger partial charge in [-0.15, -0.1) is 0 Å². The maximum absolute atomic E-state index is 11.1. The third kappa shape index (κ3) is 5.11. The minimum Gasteiger partial charge on any atom is -0.478 e. The molecule has 1 aromatic rings. The molecule has 0 radical (unpaired) electrons. The highest BCUT2D eigenvalue weighted by Gasteiger charge is 2.10. The van der Waals surface area contributed by atoms with Gasteiger partial charge in [-0.3, -0.25) is 0 Å². The van der Waals surface area contributed by atoms with Crippen molar-refractivity contribution >= 4 is 22.1 Å². The van der Waals surface area contributed by atoms with Crippen molar-refractivity contribution < 1.29 is 18.3 Å². The number of carbonyl (C=O) groups is 1. The van der Waals surface area contributed by atoms with E-state index in [1.165, 1.54) is 6.08 Å². The third-order valence-electron chi connectivity index (χ3n) is 2.25. The van der Waals surface area contributed by atoms with Crippen LogP contribution >= 0.6 is 0 Å². The molecular formula is C12H15NO4S. The Labute approximate surface area is 106 Å². The largest absolute Gasteiger partial charge is 0.478 e. The van der Waals surface area contributed by atoms with Crippen LogP contribution in [-0.4, -0.2) is 25.7 Å². The maximum atomic E-state index is 11.1. The lowest BCUT2D eigenvalue weighted by Crippen LogP contribution is -2.25. The van der Waals surface area contributed by atoms with Crippen LogP contribution in [0.25, 0.3) is 6.08 Å². The van der Waals surface area contributed by atoms with E-state index in [0.29, 0.717) is 0 Å². The Bertz CT molecular complexity index is 546. The Morgan fingerprint density at radius 3 is 2.33 bits per heavy atom. The summed E-state index contributed by atoms with van der Waals surface area (Å²) in [4.78, 5) is 10.3. The summed E-state index contributed by atoms with van der Waals surface area (Å²) in [5.74, 6) is -1.01. The minimum atomic E-state index is -3.24. The van der Waals surface area contributed by atoms with Crippen LogP contribution in [0.1, 0.15) is 24.1 Å². The molecule has 1 rings (SSSR count). The van der Waals surface area contributed by atoms with Crippen molar-refractivity contribution in [2.45, 2.75) is 13.0 Å². The summed E-state index contributed by atoms with van der Waals surface area (Å²) >= 11 is 0. The average Bonchev–Trinajstić information content (AvgIpc) is 2.24. The fourth-order valence-electron chi connectivity index (χ4n) is 1.45. The second kappa shape index (κ2) is 5.79. The maximum Gasteiger partial charge on any atom is 0.328 e. The molecule has 6 heteroatoms. The molecule has 1 unspecified atom stereocenters. The van der Waals surface area contributed by atoms with Crippen molar-refractivity contribution in [3.63, 3.8) is 0 Å². The van der Waals surface area contributed by atoms with Crippen molar-refractivity contribution in [2.24, 2.45) is 0 Å². The molecule has 0 aliphatic rings. The van der Waals surface area contributed by atoms with Crippen LogP contribution in [-0.2, 0) is 14.8 Å². The zero-order valence-electron chi connectivity index (χ0n) is 10.1. The summed E-state index contributed by atoms with van der Waals surface area (Å²) in [6, 6.07) is 6.65. The van der Waals surface area contributed by atoms with E-state index in [1.54, 1.807) is 31.2 Å². The van der Waals surface area contributed by atoms with Crippen LogP contribution in [0.3, 0.4) is 0 Å². The molecule has 0 heterocycles. The third-order valence-corrected chi connectivity index (χ3v) is 3.03. The number of nitrogens with one attached hydrogen (secondary N) is 1. The van der Waals surface area contributed by atoms with E-state index in [9.17, 15) is 13.2 Å². The highest BCUT2D eigenvalue weighted by molar-refractivity contribution is 7.88. The minimum absolute atomic E-state index is 0.322. The van der Waals surface area contributed by atoms with E-state index in [-0.39, 0.29) is 6.04 Å². The summed E-state index contributed by atoms with van der Waals surface area (Å²) in [6.07, 6.45) is 3.63. The first kappa shape index (κ1) is 14.4. The van der Waals surface area contributed by atoms with E-state index >= 15 is 0 Å². The van der Waals surface area contributed by atoms with Gasteiger partial charge in [-0.1, -0.05) is 24.3 Å². The van der Waals surface area contributed by atoms with Gasteiger partial charge < -0.3 is 5.11 Å². The Balaban J connectivity index is 2.79. The van der Waals surface area contributed by atoms with Gasteiger partial charge in [0, 0.05) is 12.1 Å². The number of sulfonamides is 1. The van der Waals surface area contributed by atoms with Gasteiger partial charge in [0.25, 0.3) is 0 Å². The van der Waals surface area contributed by atoms with Gasteiger partial charge in [-0.05, 0) is 24.1 Å². The number of rotatable bonds is 5. The number of hydrogen-bond donors (Lipinski definition) is 2. The second-order valence-corrected chi connectivity index (χ2v) is 5.73. The molecule has 0 saturated heterocycles. The number of carboxylic acid groups (broad SMARTS) is 1. The van der Waals surface area contributed by atoms with E-state index in [1.807, 2.05) is 0 Å². The van der Waals surface area contributed by atoms with Crippen LogP contribution < -0.4 is 4.72 Å². The normalized spacial score (nSPS) is 13.7. The molecule has 0 bridgehead atoms. The first-order valence-electron chi connectivity index (χ1n) is 5.26. The van der Waals surface area contributed by atoms with Gasteiger partial charge >= 0.3 is 5.97 Å². The summed E-state index contributed by atoms with van der Waals surface area (Å²) in [7, 11) is -3.24. The molecule has 98 valence electrons. The Kier molecular flexibility index (Phi) is 4.63. The zero-order chi connectivity index (χ0) is 13.8. The van der Waals surface area contributed by atoms with Crippen molar-refractivity contribution in [3.05, 3.63) is 41.5 Å². The van der Waals surface area contributed by atoms with Gasteiger partial charge in [0.1, 0.15) is 0 Å². The monoisotopic (exact) mass is 269 g/mol. The van der Waals surface area contributed by atoms with Gasteiger partial charge in [0.2, 0.25) is 10.0 Å². The van der Waals surface area contributed by atoms with E-state index in [2.05, 4.69) is 4.72 Å². The SMILES string of the molecule is CC(NS(C)(=O)=O)c1ccc(/C=C/C(=O)O)cc1. The van der Waals surface area contributed by atoms with E-state index < -0.39 is 16.0 Å². The summed E-state index contributed by atoms with van der Waals surface area (Å²) in [5, 5.41) is 8.48.